The van der Waals surface area contributed by atoms with Crippen LogP contribution in [0.1, 0.15) is 41.8 Å². The Bertz CT molecular complexity index is 643. The Kier molecular flexibility index (Phi) is 4.09. The van der Waals surface area contributed by atoms with Crippen molar-refractivity contribution in [3.63, 3.8) is 0 Å². The van der Waals surface area contributed by atoms with Crippen LogP contribution in [0.3, 0.4) is 0 Å². The van der Waals surface area contributed by atoms with Crippen molar-refractivity contribution in [3.05, 3.63) is 58.4 Å². The van der Waals surface area contributed by atoms with Crippen molar-refractivity contribution in [1.82, 2.24) is 4.57 Å². The van der Waals surface area contributed by atoms with Gasteiger partial charge in [0.15, 0.2) is 0 Å². The van der Waals surface area contributed by atoms with E-state index in [1.807, 2.05) is 0 Å². The lowest BCUT2D eigenvalue weighted by Crippen LogP contribution is -2.05. The Hall–Kier alpha value is -1.64. The lowest BCUT2D eigenvalue weighted by atomic mass is 10.1. The van der Waals surface area contributed by atoms with Gasteiger partial charge in [0.2, 0.25) is 0 Å². The maximum Gasteiger partial charge on any atom is 0.129 e. The molecule has 112 valence electrons. The summed E-state index contributed by atoms with van der Waals surface area (Å²) in [5, 5.41) is 0. The average Bonchev–Trinajstić information content (AvgIpc) is 2.98. The van der Waals surface area contributed by atoms with Crippen LogP contribution < -0.4 is 0 Å². The number of fused-ring (bicyclic) bond motifs is 1. The zero-order valence-electron chi connectivity index (χ0n) is 12.5. The van der Waals surface area contributed by atoms with Crippen LogP contribution in [0.4, 0.5) is 8.78 Å². The molecule has 0 N–H and O–H groups in total. The highest BCUT2D eigenvalue weighted by atomic mass is 19.1. The zero-order valence-corrected chi connectivity index (χ0v) is 12.5. The van der Waals surface area contributed by atoms with E-state index in [0.29, 0.717) is 12.0 Å². The molecule has 0 unspecified atom stereocenters. The smallest absolute Gasteiger partial charge is 0.129 e. The van der Waals surface area contributed by atoms with Crippen LogP contribution in [-0.2, 0) is 25.8 Å². The van der Waals surface area contributed by atoms with Crippen molar-refractivity contribution < 1.29 is 8.78 Å². The fourth-order valence-corrected chi connectivity index (χ4v) is 3.38. The molecule has 0 amide bonds. The third-order valence-electron chi connectivity index (χ3n) is 4.46. The van der Waals surface area contributed by atoms with Gasteiger partial charge in [0.25, 0.3) is 0 Å². The third-order valence-corrected chi connectivity index (χ3v) is 4.46. The van der Waals surface area contributed by atoms with Gasteiger partial charge in [0.05, 0.1) is 0 Å². The standard InChI is InChI=1S/C18H21F2N/c1-13-11-15-6-4-7-18(15)21(13)10-3-2-5-14-8-9-16(19)12-17(14)20/h8-9,11-12H,2-7,10H2,1H3. The highest BCUT2D eigenvalue weighted by Crippen LogP contribution is 2.26. The molecule has 0 bridgehead atoms. The highest BCUT2D eigenvalue weighted by molar-refractivity contribution is 5.31. The summed E-state index contributed by atoms with van der Waals surface area (Å²) in [6.45, 7) is 3.17. The molecule has 0 saturated carbocycles. The van der Waals surface area contributed by atoms with Crippen LogP contribution in [0, 0.1) is 18.6 Å². The first-order valence-corrected chi connectivity index (χ1v) is 7.77. The molecule has 0 saturated heterocycles. The topological polar surface area (TPSA) is 4.93 Å². The summed E-state index contributed by atoms with van der Waals surface area (Å²) in [5.74, 6) is -0.928. The Labute approximate surface area is 124 Å². The predicted octanol–water partition coefficient (Wildman–Crippen LogP) is 4.59. The summed E-state index contributed by atoms with van der Waals surface area (Å²) >= 11 is 0. The van der Waals surface area contributed by atoms with Gasteiger partial charge in [-0.25, -0.2) is 8.78 Å². The first-order chi connectivity index (χ1) is 10.1. The normalized spacial score (nSPS) is 13.7. The van der Waals surface area contributed by atoms with E-state index in [4.69, 9.17) is 0 Å². The molecular weight excluding hydrogens is 268 g/mol. The molecule has 0 radical (unpaired) electrons. The average molecular weight is 289 g/mol. The zero-order chi connectivity index (χ0) is 14.8. The number of aromatic nitrogens is 1. The van der Waals surface area contributed by atoms with Gasteiger partial charge >= 0.3 is 0 Å². The van der Waals surface area contributed by atoms with Crippen molar-refractivity contribution >= 4 is 0 Å². The fraction of sp³-hybridized carbons (Fsp3) is 0.444. The first kappa shape index (κ1) is 14.3. The van der Waals surface area contributed by atoms with E-state index in [1.165, 1.54) is 42.3 Å². The summed E-state index contributed by atoms with van der Waals surface area (Å²) < 4.78 is 28.8. The second-order valence-corrected chi connectivity index (χ2v) is 5.96. The van der Waals surface area contributed by atoms with Crippen LogP contribution in [-0.4, -0.2) is 4.57 Å². The van der Waals surface area contributed by atoms with Crippen LogP contribution in [0.25, 0.3) is 0 Å². The van der Waals surface area contributed by atoms with E-state index in [-0.39, 0.29) is 0 Å². The number of aryl methyl sites for hydroxylation is 3. The second kappa shape index (κ2) is 6.00. The first-order valence-electron chi connectivity index (χ1n) is 7.77. The molecule has 21 heavy (non-hydrogen) atoms. The molecule has 3 heteroatoms. The Morgan fingerprint density at radius 2 is 1.95 bits per heavy atom. The number of benzene rings is 1. The molecular formula is C18H21F2N. The number of nitrogens with zero attached hydrogens (tertiary/aromatic N) is 1. The van der Waals surface area contributed by atoms with Crippen molar-refractivity contribution in [2.75, 3.05) is 0 Å². The molecule has 0 fully saturated rings. The van der Waals surface area contributed by atoms with Gasteiger partial charge in [-0.15, -0.1) is 0 Å². The lowest BCUT2D eigenvalue weighted by Gasteiger charge is -2.10. The van der Waals surface area contributed by atoms with E-state index in [9.17, 15) is 8.78 Å². The lowest BCUT2D eigenvalue weighted by molar-refractivity contribution is 0.552. The molecule has 0 atom stereocenters. The second-order valence-electron chi connectivity index (χ2n) is 5.96. The Morgan fingerprint density at radius 3 is 2.76 bits per heavy atom. The maximum absolute atomic E-state index is 13.5. The SMILES string of the molecule is Cc1cc2c(n1CCCCc1ccc(F)cc1F)CCC2. The summed E-state index contributed by atoms with van der Waals surface area (Å²) in [6, 6.07) is 6.17. The van der Waals surface area contributed by atoms with Gasteiger partial charge in [-0.1, -0.05) is 6.07 Å². The molecule has 2 aromatic rings. The minimum atomic E-state index is -0.505. The van der Waals surface area contributed by atoms with Crippen LogP contribution in [0.15, 0.2) is 24.3 Å². The van der Waals surface area contributed by atoms with Crippen LogP contribution in [0.2, 0.25) is 0 Å². The van der Waals surface area contributed by atoms with Gasteiger partial charge < -0.3 is 4.57 Å². The number of halogens is 2. The number of rotatable bonds is 5. The minimum Gasteiger partial charge on any atom is -0.349 e. The van der Waals surface area contributed by atoms with Gasteiger partial charge in [-0.2, -0.15) is 0 Å². The van der Waals surface area contributed by atoms with Crippen molar-refractivity contribution in [1.29, 1.82) is 0 Å². The summed E-state index contributed by atoms with van der Waals surface area (Å²) in [5.41, 5.74) is 4.97. The van der Waals surface area contributed by atoms with E-state index in [0.717, 1.165) is 25.5 Å². The molecule has 1 aromatic heterocycles. The van der Waals surface area contributed by atoms with Gasteiger partial charge in [0, 0.05) is 24.0 Å². The highest BCUT2D eigenvalue weighted by Gasteiger charge is 2.17. The monoisotopic (exact) mass is 289 g/mol. The summed E-state index contributed by atoms with van der Waals surface area (Å²) in [7, 11) is 0. The number of unbranched alkanes of at least 4 members (excludes halogenated alkanes) is 1. The summed E-state index contributed by atoms with van der Waals surface area (Å²) in [6.07, 6.45) is 6.30. The molecule has 1 nitrogen and oxygen atoms in total. The molecule has 1 aromatic carbocycles. The molecule has 1 aliphatic rings. The quantitative estimate of drug-likeness (QED) is 0.710. The van der Waals surface area contributed by atoms with Crippen LogP contribution >= 0.6 is 0 Å². The summed E-state index contributed by atoms with van der Waals surface area (Å²) in [4.78, 5) is 0. The molecule has 0 aliphatic heterocycles. The van der Waals surface area contributed by atoms with Gasteiger partial charge in [-0.05, 0) is 68.7 Å². The molecule has 3 rings (SSSR count). The van der Waals surface area contributed by atoms with E-state index in [1.54, 1.807) is 6.07 Å². The van der Waals surface area contributed by atoms with Crippen molar-refractivity contribution in [2.24, 2.45) is 0 Å². The maximum atomic E-state index is 13.5. The molecule has 1 heterocycles. The van der Waals surface area contributed by atoms with E-state index >= 15 is 0 Å². The van der Waals surface area contributed by atoms with Crippen LogP contribution in [0.5, 0.6) is 0 Å². The number of hydrogen-bond donors (Lipinski definition) is 0. The number of hydrogen-bond acceptors (Lipinski definition) is 0. The Morgan fingerprint density at radius 1 is 1.10 bits per heavy atom. The predicted molar refractivity (Wildman–Crippen MR) is 80.5 cm³/mol. The minimum absolute atomic E-state index is 0.423. The van der Waals surface area contributed by atoms with Crippen molar-refractivity contribution in [2.45, 2.75) is 52.0 Å². The fourth-order valence-electron chi connectivity index (χ4n) is 3.38. The van der Waals surface area contributed by atoms with Crippen molar-refractivity contribution in [3.8, 4) is 0 Å². The van der Waals surface area contributed by atoms with Gasteiger partial charge in [-0.3, -0.25) is 0 Å². The largest absolute Gasteiger partial charge is 0.349 e. The van der Waals surface area contributed by atoms with Gasteiger partial charge in [0.1, 0.15) is 11.6 Å². The molecule has 0 spiro atoms. The van der Waals surface area contributed by atoms with E-state index in [2.05, 4.69) is 17.6 Å². The Balaban J connectivity index is 1.55. The van der Waals surface area contributed by atoms with E-state index < -0.39 is 11.6 Å². The third kappa shape index (κ3) is 3.02. The molecule has 1 aliphatic carbocycles.